The van der Waals surface area contributed by atoms with Gasteiger partial charge < -0.3 is 20.6 Å². The number of rotatable bonds is 5. The minimum Gasteiger partial charge on any atom is -0.462 e. The molecule has 3 aromatic heterocycles. The molecular formula is C16H18N6O3S. The highest BCUT2D eigenvalue weighted by Gasteiger charge is 2.23. The number of anilines is 2. The molecule has 136 valence electrons. The number of nitrogens with zero attached hydrogens (tertiary/aromatic N) is 4. The second-order valence-corrected chi connectivity index (χ2v) is 6.41. The highest BCUT2D eigenvalue weighted by molar-refractivity contribution is 7.98. The van der Waals surface area contributed by atoms with Crippen LogP contribution >= 0.6 is 11.8 Å². The first kappa shape index (κ1) is 17.9. The van der Waals surface area contributed by atoms with E-state index in [4.69, 9.17) is 20.6 Å². The van der Waals surface area contributed by atoms with E-state index in [9.17, 15) is 4.79 Å². The van der Waals surface area contributed by atoms with Gasteiger partial charge in [0.25, 0.3) is 0 Å². The summed E-state index contributed by atoms with van der Waals surface area (Å²) in [5, 5.41) is 0.887. The van der Waals surface area contributed by atoms with Crippen LogP contribution in [-0.4, -0.2) is 32.5 Å². The van der Waals surface area contributed by atoms with Crippen molar-refractivity contribution >= 4 is 40.5 Å². The number of hydrogen-bond acceptors (Lipinski definition) is 10. The summed E-state index contributed by atoms with van der Waals surface area (Å²) in [6, 6.07) is 1.69. The quantitative estimate of drug-likeness (QED) is 0.387. The zero-order valence-corrected chi connectivity index (χ0v) is 15.4. The van der Waals surface area contributed by atoms with Gasteiger partial charge in [0.2, 0.25) is 5.71 Å². The maximum Gasteiger partial charge on any atom is 0.342 e. The van der Waals surface area contributed by atoms with Crippen LogP contribution < -0.4 is 11.5 Å². The molecule has 0 aliphatic carbocycles. The van der Waals surface area contributed by atoms with Crippen LogP contribution in [0.1, 0.15) is 34.6 Å². The molecule has 9 nitrogen and oxygen atoms in total. The molecule has 0 aliphatic rings. The molecule has 0 saturated carbocycles. The third-order valence-corrected chi connectivity index (χ3v) is 4.31. The highest BCUT2D eigenvalue weighted by Crippen LogP contribution is 2.30. The van der Waals surface area contributed by atoms with Gasteiger partial charge in [-0.05, 0) is 20.8 Å². The van der Waals surface area contributed by atoms with Gasteiger partial charge in [-0.1, -0.05) is 11.8 Å². The van der Waals surface area contributed by atoms with Gasteiger partial charge in [0.1, 0.15) is 28.8 Å². The fraction of sp³-hybridized carbons (Fsp3) is 0.312. The molecule has 0 spiro atoms. The van der Waals surface area contributed by atoms with E-state index < -0.39 is 5.97 Å². The van der Waals surface area contributed by atoms with Crippen LogP contribution in [-0.2, 0) is 10.5 Å². The van der Waals surface area contributed by atoms with Crippen molar-refractivity contribution in [3.63, 3.8) is 0 Å². The molecule has 26 heavy (non-hydrogen) atoms. The van der Waals surface area contributed by atoms with Gasteiger partial charge in [-0.3, -0.25) is 0 Å². The Hall–Kier alpha value is -2.88. The minimum absolute atomic E-state index is 0.162. The third kappa shape index (κ3) is 3.54. The monoisotopic (exact) mass is 374 g/mol. The SMILES string of the molecule is CCOC(=O)c1c(C)oc2nc(CSc3nc(C)cc(N)n3)nc(N)c12. The zero-order chi connectivity index (χ0) is 18.8. The lowest BCUT2D eigenvalue weighted by atomic mass is 10.2. The van der Waals surface area contributed by atoms with Gasteiger partial charge >= 0.3 is 5.97 Å². The number of fused-ring (bicyclic) bond motifs is 1. The fourth-order valence-corrected chi connectivity index (χ4v) is 3.22. The molecule has 0 unspecified atom stereocenters. The number of aryl methyl sites for hydroxylation is 2. The molecule has 3 rings (SSSR count). The molecule has 0 amide bonds. The lowest BCUT2D eigenvalue weighted by Gasteiger charge is -2.04. The zero-order valence-electron chi connectivity index (χ0n) is 14.6. The Morgan fingerprint density at radius 3 is 2.69 bits per heavy atom. The van der Waals surface area contributed by atoms with E-state index in [-0.39, 0.29) is 23.7 Å². The van der Waals surface area contributed by atoms with Gasteiger partial charge in [0.15, 0.2) is 5.16 Å². The lowest BCUT2D eigenvalue weighted by Crippen LogP contribution is -2.07. The number of esters is 1. The molecule has 0 fully saturated rings. The number of ether oxygens (including phenoxy) is 1. The summed E-state index contributed by atoms with van der Waals surface area (Å²) in [6.45, 7) is 5.47. The first-order valence-electron chi connectivity index (χ1n) is 7.85. The van der Waals surface area contributed by atoms with Crippen molar-refractivity contribution in [2.75, 3.05) is 18.1 Å². The molecule has 10 heteroatoms. The van der Waals surface area contributed by atoms with Gasteiger partial charge in [-0.2, -0.15) is 4.98 Å². The molecule has 0 bridgehead atoms. The number of hydrogen-bond donors (Lipinski definition) is 2. The van der Waals surface area contributed by atoms with Crippen molar-refractivity contribution in [2.24, 2.45) is 0 Å². The summed E-state index contributed by atoms with van der Waals surface area (Å²) in [7, 11) is 0. The maximum absolute atomic E-state index is 12.1. The van der Waals surface area contributed by atoms with E-state index in [1.807, 2.05) is 6.92 Å². The van der Waals surface area contributed by atoms with Crippen LogP contribution in [0.4, 0.5) is 11.6 Å². The highest BCUT2D eigenvalue weighted by atomic mass is 32.2. The number of furan rings is 1. The Bertz CT molecular complexity index is 968. The number of carbonyl (C=O) groups is 1. The first-order valence-corrected chi connectivity index (χ1v) is 8.84. The Morgan fingerprint density at radius 2 is 2.00 bits per heavy atom. The largest absolute Gasteiger partial charge is 0.462 e. The standard InChI is InChI=1S/C16H18N6O3S/c1-4-24-15(23)11-8(3)25-14-12(11)13(18)21-10(22-14)6-26-16-19-7(2)5-9(17)20-16/h5H,4,6H2,1-3H3,(H2,17,19,20)(H2,18,21,22). The van der Waals surface area contributed by atoms with Crippen LogP contribution in [0.5, 0.6) is 0 Å². The molecule has 0 radical (unpaired) electrons. The molecule has 0 saturated heterocycles. The number of thioether (sulfide) groups is 1. The Labute approximate surface area is 153 Å². The second-order valence-electron chi connectivity index (χ2n) is 5.46. The summed E-state index contributed by atoms with van der Waals surface area (Å²) in [5.41, 5.74) is 13.0. The molecule has 3 aromatic rings. The van der Waals surface area contributed by atoms with Crippen molar-refractivity contribution in [3.8, 4) is 0 Å². The van der Waals surface area contributed by atoms with E-state index in [0.29, 0.717) is 33.7 Å². The van der Waals surface area contributed by atoms with Crippen LogP contribution in [0.25, 0.3) is 11.1 Å². The molecule has 0 atom stereocenters. The predicted molar refractivity (Wildman–Crippen MR) is 97.7 cm³/mol. The number of carbonyl (C=O) groups excluding carboxylic acids is 1. The van der Waals surface area contributed by atoms with Crippen LogP contribution in [0.2, 0.25) is 0 Å². The third-order valence-electron chi connectivity index (χ3n) is 3.47. The van der Waals surface area contributed by atoms with Crippen molar-refractivity contribution in [1.29, 1.82) is 0 Å². The van der Waals surface area contributed by atoms with Crippen molar-refractivity contribution in [1.82, 2.24) is 19.9 Å². The molecule has 4 N–H and O–H groups in total. The van der Waals surface area contributed by atoms with E-state index in [1.165, 1.54) is 11.8 Å². The average molecular weight is 374 g/mol. The average Bonchev–Trinajstić information content (AvgIpc) is 2.89. The van der Waals surface area contributed by atoms with Gasteiger partial charge in [-0.15, -0.1) is 0 Å². The fourth-order valence-electron chi connectivity index (χ4n) is 2.46. The number of nitrogen functional groups attached to an aromatic ring is 2. The van der Waals surface area contributed by atoms with E-state index in [2.05, 4.69) is 19.9 Å². The summed E-state index contributed by atoms with van der Waals surface area (Å²) in [4.78, 5) is 29.2. The van der Waals surface area contributed by atoms with Crippen molar-refractivity contribution in [2.45, 2.75) is 31.7 Å². The van der Waals surface area contributed by atoms with Crippen LogP contribution in [0.3, 0.4) is 0 Å². The van der Waals surface area contributed by atoms with Gasteiger partial charge in [0, 0.05) is 11.8 Å². The predicted octanol–water partition coefficient (Wildman–Crippen LogP) is 2.26. The molecular weight excluding hydrogens is 356 g/mol. The summed E-state index contributed by atoms with van der Waals surface area (Å²) < 4.78 is 10.6. The normalized spacial score (nSPS) is 11.0. The summed E-state index contributed by atoms with van der Waals surface area (Å²) in [6.07, 6.45) is 0. The first-order chi connectivity index (χ1) is 12.4. The summed E-state index contributed by atoms with van der Waals surface area (Å²) in [5.74, 6) is 1.25. The molecule has 0 aromatic carbocycles. The maximum atomic E-state index is 12.1. The lowest BCUT2D eigenvalue weighted by molar-refractivity contribution is 0.0526. The van der Waals surface area contributed by atoms with E-state index in [1.54, 1.807) is 19.9 Å². The van der Waals surface area contributed by atoms with Crippen LogP contribution in [0, 0.1) is 13.8 Å². The number of aromatic nitrogens is 4. The van der Waals surface area contributed by atoms with Crippen molar-refractivity contribution in [3.05, 3.63) is 28.9 Å². The molecule has 0 aliphatic heterocycles. The minimum atomic E-state index is -0.509. The van der Waals surface area contributed by atoms with E-state index in [0.717, 1.165) is 5.69 Å². The molecule has 3 heterocycles. The van der Waals surface area contributed by atoms with Crippen LogP contribution in [0.15, 0.2) is 15.6 Å². The summed E-state index contributed by atoms with van der Waals surface area (Å²) >= 11 is 1.33. The smallest absolute Gasteiger partial charge is 0.342 e. The topological polar surface area (TPSA) is 143 Å². The Morgan fingerprint density at radius 1 is 1.23 bits per heavy atom. The Balaban J connectivity index is 1.90. The Kier molecular flexibility index (Phi) is 4.94. The van der Waals surface area contributed by atoms with E-state index >= 15 is 0 Å². The van der Waals surface area contributed by atoms with Gasteiger partial charge in [0.05, 0.1) is 17.7 Å². The number of nitrogens with two attached hydrogens (primary N) is 2. The van der Waals surface area contributed by atoms with Gasteiger partial charge in [-0.25, -0.2) is 19.7 Å². The van der Waals surface area contributed by atoms with Crippen molar-refractivity contribution < 1.29 is 13.9 Å². The second kappa shape index (κ2) is 7.16.